The van der Waals surface area contributed by atoms with Crippen molar-refractivity contribution in [3.05, 3.63) is 28.7 Å². The van der Waals surface area contributed by atoms with Crippen molar-refractivity contribution in [2.24, 2.45) is 0 Å². The summed E-state index contributed by atoms with van der Waals surface area (Å²) in [4.78, 5) is 14.9. The Balaban J connectivity index is 1.78. The second kappa shape index (κ2) is 7.55. The normalized spacial score (nSPS) is 22.5. The molecule has 0 spiro atoms. The highest BCUT2D eigenvalue weighted by Crippen LogP contribution is 2.35. The molecule has 1 aromatic carbocycles. The average Bonchev–Trinajstić information content (AvgIpc) is 3.19. The van der Waals surface area contributed by atoms with E-state index in [1.54, 1.807) is 19.1 Å². The summed E-state index contributed by atoms with van der Waals surface area (Å²) in [6, 6.07) is 5.54. The molecule has 24 heavy (non-hydrogen) atoms. The molecular weight excluding hydrogens is 346 g/mol. The Bertz CT molecular complexity index is 683. The maximum Gasteiger partial charge on any atom is 0.266 e. The molecular formula is C17H19NO4S2. The quantitative estimate of drug-likeness (QED) is 0.590. The van der Waals surface area contributed by atoms with Gasteiger partial charge in [-0.1, -0.05) is 30.0 Å². The zero-order valence-electron chi connectivity index (χ0n) is 13.6. The van der Waals surface area contributed by atoms with Gasteiger partial charge >= 0.3 is 0 Å². The maximum atomic E-state index is 12.6. The van der Waals surface area contributed by atoms with E-state index in [0.29, 0.717) is 27.3 Å². The lowest BCUT2D eigenvalue weighted by atomic mass is 10.2. The van der Waals surface area contributed by atoms with Crippen LogP contribution in [0.3, 0.4) is 0 Å². The fourth-order valence-corrected chi connectivity index (χ4v) is 4.02. The molecule has 2 saturated heterocycles. The van der Waals surface area contributed by atoms with Gasteiger partial charge in [-0.25, -0.2) is 0 Å². The summed E-state index contributed by atoms with van der Waals surface area (Å²) in [6.07, 6.45) is 3.94. The van der Waals surface area contributed by atoms with Gasteiger partial charge < -0.3 is 14.2 Å². The van der Waals surface area contributed by atoms with Crippen LogP contribution in [0.2, 0.25) is 0 Å². The van der Waals surface area contributed by atoms with Crippen LogP contribution in [0, 0.1) is 0 Å². The van der Waals surface area contributed by atoms with Crippen LogP contribution in [-0.4, -0.2) is 48.6 Å². The number of carbonyl (C=O) groups excluding carboxylic acids is 1. The minimum Gasteiger partial charge on any atom is -0.493 e. The van der Waals surface area contributed by atoms with Crippen molar-refractivity contribution in [1.29, 1.82) is 0 Å². The molecule has 1 aromatic rings. The minimum atomic E-state index is -0.0599. The third-order valence-electron chi connectivity index (χ3n) is 3.99. The molecule has 7 heteroatoms. The summed E-state index contributed by atoms with van der Waals surface area (Å²) in [6.45, 7) is 1.30. The molecule has 1 atom stereocenters. The number of thioether (sulfide) groups is 1. The molecule has 0 bridgehead atoms. The molecule has 0 aromatic heterocycles. The molecule has 0 saturated carbocycles. The van der Waals surface area contributed by atoms with Crippen molar-refractivity contribution >= 4 is 40.3 Å². The summed E-state index contributed by atoms with van der Waals surface area (Å²) in [7, 11) is 3.18. The van der Waals surface area contributed by atoms with Crippen molar-refractivity contribution in [2.75, 3.05) is 27.4 Å². The SMILES string of the molecule is COc1ccc(/C=C2\SC(=S)N(C[C@@H]3CCCO3)C2=O)cc1OC. The predicted octanol–water partition coefficient (Wildman–Crippen LogP) is 3.08. The average molecular weight is 365 g/mol. The Hall–Kier alpha value is -1.57. The molecule has 0 aliphatic carbocycles. The van der Waals surface area contributed by atoms with Crippen molar-refractivity contribution in [3.8, 4) is 11.5 Å². The molecule has 2 aliphatic rings. The van der Waals surface area contributed by atoms with Crippen molar-refractivity contribution in [2.45, 2.75) is 18.9 Å². The fourth-order valence-electron chi connectivity index (χ4n) is 2.74. The summed E-state index contributed by atoms with van der Waals surface area (Å²) in [5.41, 5.74) is 0.866. The molecule has 2 fully saturated rings. The number of amides is 1. The highest BCUT2D eigenvalue weighted by molar-refractivity contribution is 8.26. The van der Waals surface area contributed by atoms with Crippen LogP contribution in [0.1, 0.15) is 18.4 Å². The molecule has 2 heterocycles. The molecule has 1 amide bonds. The second-order valence-corrected chi connectivity index (χ2v) is 7.22. The third-order valence-corrected chi connectivity index (χ3v) is 5.37. The smallest absolute Gasteiger partial charge is 0.266 e. The lowest BCUT2D eigenvalue weighted by molar-refractivity contribution is -0.123. The number of carbonyl (C=O) groups is 1. The van der Waals surface area contributed by atoms with Crippen LogP contribution < -0.4 is 9.47 Å². The van der Waals surface area contributed by atoms with E-state index in [9.17, 15) is 4.79 Å². The standard InChI is InChI=1S/C17H19NO4S2/c1-20-13-6-5-11(8-14(13)21-2)9-15-16(19)18(17(23)24-15)10-12-4-3-7-22-12/h5-6,8-9,12H,3-4,7,10H2,1-2H3/b15-9-/t12-/m0/s1. The van der Waals surface area contributed by atoms with E-state index in [2.05, 4.69) is 0 Å². The number of hydrogen-bond acceptors (Lipinski definition) is 6. The van der Waals surface area contributed by atoms with Gasteiger partial charge in [0.05, 0.1) is 31.8 Å². The van der Waals surface area contributed by atoms with E-state index in [4.69, 9.17) is 26.4 Å². The van der Waals surface area contributed by atoms with Gasteiger partial charge in [-0.3, -0.25) is 9.69 Å². The van der Waals surface area contributed by atoms with Crippen molar-refractivity contribution < 1.29 is 19.0 Å². The first kappa shape index (κ1) is 17.3. The first-order chi connectivity index (χ1) is 11.6. The van der Waals surface area contributed by atoms with Crippen LogP contribution in [0.25, 0.3) is 6.08 Å². The number of nitrogens with zero attached hydrogens (tertiary/aromatic N) is 1. The zero-order chi connectivity index (χ0) is 17.1. The van der Waals surface area contributed by atoms with Gasteiger partial charge in [-0.05, 0) is 36.6 Å². The summed E-state index contributed by atoms with van der Waals surface area (Å²) in [5, 5.41) is 0. The molecule has 3 rings (SSSR count). The van der Waals surface area contributed by atoms with Gasteiger partial charge in [0.2, 0.25) is 0 Å². The van der Waals surface area contributed by atoms with E-state index in [-0.39, 0.29) is 12.0 Å². The highest BCUT2D eigenvalue weighted by atomic mass is 32.2. The lowest BCUT2D eigenvalue weighted by Crippen LogP contribution is -2.35. The molecule has 5 nitrogen and oxygen atoms in total. The first-order valence-corrected chi connectivity index (χ1v) is 8.94. The van der Waals surface area contributed by atoms with Gasteiger partial charge in [-0.15, -0.1) is 0 Å². The van der Waals surface area contributed by atoms with E-state index >= 15 is 0 Å². The molecule has 0 unspecified atom stereocenters. The Morgan fingerprint density at radius 3 is 2.83 bits per heavy atom. The monoisotopic (exact) mass is 365 g/mol. The fraction of sp³-hybridized carbons (Fsp3) is 0.412. The number of ether oxygens (including phenoxy) is 3. The van der Waals surface area contributed by atoms with Crippen molar-refractivity contribution in [1.82, 2.24) is 4.90 Å². The van der Waals surface area contributed by atoms with Crippen molar-refractivity contribution in [3.63, 3.8) is 0 Å². The van der Waals surface area contributed by atoms with Crippen LogP contribution >= 0.6 is 24.0 Å². The van der Waals surface area contributed by atoms with E-state index in [1.165, 1.54) is 11.8 Å². The number of methoxy groups -OCH3 is 2. The van der Waals surface area contributed by atoms with Gasteiger partial charge in [0, 0.05) is 6.61 Å². The Morgan fingerprint density at radius 1 is 1.38 bits per heavy atom. The second-order valence-electron chi connectivity index (χ2n) is 5.54. The van der Waals surface area contributed by atoms with Crippen LogP contribution in [-0.2, 0) is 9.53 Å². The summed E-state index contributed by atoms with van der Waals surface area (Å²) < 4.78 is 16.7. The maximum absolute atomic E-state index is 12.6. The first-order valence-electron chi connectivity index (χ1n) is 7.71. The van der Waals surface area contributed by atoms with E-state index < -0.39 is 0 Å². The number of hydrogen-bond donors (Lipinski definition) is 0. The van der Waals surface area contributed by atoms with Crippen LogP contribution in [0.4, 0.5) is 0 Å². The molecule has 128 valence electrons. The largest absolute Gasteiger partial charge is 0.493 e. The summed E-state index contributed by atoms with van der Waals surface area (Å²) >= 11 is 6.69. The number of thiocarbonyl (C=S) groups is 1. The Labute approximate surface area is 150 Å². The van der Waals surface area contributed by atoms with Crippen LogP contribution in [0.15, 0.2) is 23.1 Å². The lowest BCUT2D eigenvalue weighted by Gasteiger charge is -2.18. The van der Waals surface area contributed by atoms with E-state index in [1.807, 2.05) is 24.3 Å². The Morgan fingerprint density at radius 2 is 2.17 bits per heavy atom. The van der Waals surface area contributed by atoms with Gasteiger partial charge in [0.15, 0.2) is 11.5 Å². The molecule has 2 aliphatic heterocycles. The topological polar surface area (TPSA) is 48.0 Å². The van der Waals surface area contributed by atoms with Gasteiger partial charge in [-0.2, -0.15) is 0 Å². The molecule has 0 N–H and O–H groups in total. The predicted molar refractivity (Wildman–Crippen MR) is 98.4 cm³/mol. The number of benzene rings is 1. The van der Waals surface area contributed by atoms with Crippen LogP contribution in [0.5, 0.6) is 11.5 Å². The Kier molecular flexibility index (Phi) is 5.43. The van der Waals surface area contributed by atoms with E-state index in [0.717, 1.165) is 25.0 Å². The highest BCUT2D eigenvalue weighted by Gasteiger charge is 2.34. The third kappa shape index (κ3) is 3.58. The molecule has 0 radical (unpaired) electrons. The number of rotatable bonds is 5. The minimum absolute atomic E-state index is 0.0599. The van der Waals surface area contributed by atoms with Gasteiger partial charge in [0.1, 0.15) is 4.32 Å². The zero-order valence-corrected chi connectivity index (χ0v) is 15.2. The summed E-state index contributed by atoms with van der Waals surface area (Å²) in [5.74, 6) is 1.22. The van der Waals surface area contributed by atoms with Gasteiger partial charge in [0.25, 0.3) is 5.91 Å².